The van der Waals surface area contributed by atoms with Gasteiger partial charge in [-0.3, -0.25) is 4.79 Å². The number of pyridine rings is 2. The second-order valence-electron chi connectivity index (χ2n) is 7.00. The molecule has 1 N–H and O–H groups in total. The Hall–Kier alpha value is -1.88. The van der Waals surface area contributed by atoms with Gasteiger partial charge in [0.1, 0.15) is 5.69 Å². The maximum absolute atomic E-state index is 12.6. The van der Waals surface area contributed by atoms with Gasteiger partial charge in [-0.2, -0.15) is 0 Å². The molecular formula is C23H33N3OS. The average Bonchev–Trinajstić information content (AvgIpc) is 2.73. The molecule has 2 heterocycles. The molecule has 2 rings (SSSR count). The van der Waals surface area contributed by atoms with Crippen molar-refractivity contribution in [2.24, 2.45) is 0 Å². The summed E-state index contributed by atoms with van der Waals surface area (Å²) in [6.45, 7) is 7.16. The maximum Gasteiger partial charge on any atom is 0.269 e. The number of aromatic nitrogens is 2. The Balaban J connectivity index is 2.20. The minimum absolute atomic E-state index is 0.0639. The summed E-state index contributed by atoms with van der Waals surface area (Å²) in [6, 6.07) is 6.15. The molecular weight excluding hydrogens is 366 g/mol. The third kappa shape index (κ3) is 6.33. The van der Waals surface area contributed by atoms with Crippen molar-refractivity contribution in [2.45, 2.75) is 70.7 Å². The number of amides is 1. The fourth-order valence-electron chi connectivity index (χ4n) is 3.38. The van der Waals surface area contributed by atoms with E-state index in [1.165, 1.54) is 24.0 Å². The summed E-state index contributed by atoms with van der Waals surface area (Å²) in [5, 5.41) is 4.06. The lowest BCUT2D eigenvalue weighted by atomic mass is 9.96. The molecule has 0 aliphatic rings. The number of carbonyl (C=O) groups is 1. The van der Waals surface area contributed by atoms with Crippen LogP contribution in [0, 0.1) is 0 Å². The van der Waals surface area contributed by atoms with E-state index in [0.29, 0.717) is 12.2 Å². The summed E-state index contributed by atoms with van der Waals surface area (Å²) in [4.78, 5) is 21.8. The standard InChI is InChI=1S/C23H33N3OS/c1-5-8-9-10-13-24-23(27)21-15-18(19(6-2)20(7-3)26-21)14-17-11-12-22(28-4)25-16-17/h11-12,15-16H,5-10,13-14H2,1-4H3,(H,24,27). The van der Waals surface area contributed by atoms with E-state index in [1.807, 2.05) is 18.5 Å². The van der Waals surface area contributed by atoms with Gasteiger partial charge in [0.25, 0.3) is 5.91 Å². The van der Waals surface area contributed by atoms with Crippen molar-refractivity contribution < 1.29 is 4.79 Å². The van der Waals surface area contributed by atoms with Gasteiger partial charge in [-0.1, -0.05) is 46.1 Å². The van der Waals surface area contributed by atoms with Gasteiger partial charge >= 0.3 is 0 Å². The normalized spacial score (nSPS) is 10.9. The third-order valence-corrected chi connectivity index (χ3v) is 5.60. The van der Waals surface area contributed by atoms with Crippen LogP contribution in [-0.4, -0.2) is 28.7 Å². The molecule has 0 unspecified atom stereocenters. The zero-order valence-corrected chi connectivity index (χ0v) is 18.5. The molecule has 1 amide bonds. The van der Waals surface area contributed by atoms with Crippen LogP contribution in [0.25, 0.3) is 0 Å². The van der Waals surface area contributed by atoms with Gasteiger partial charge in [0, 0.05) is 18.4 Å². The maximum atomic E-state index is 12.6. The molecule has 4 nitrogen and oxygen atoms in total. The van der Waals surface area contributed by atoms with Crippen LogP contribution >= 0.6 is 11.8 Å². The molecule has 0 radical (unpaired) electrons. The molecule has 0 fully saturated rings. The number of thioether (sulfide) groups is 1. The fourth-order valence-corrected chi connectivity index (χ4v) is 3.74. The quantitative estimate of drug-likeness (QED) is 0.415. The number of unbranched alkanes of at least 4 members (excludes halogenated alkanes) is 3. The summed E-state index contributed by atoms with van der Waals surface area (Å²) >= 11 is 1.64. The SMILES string of the molecule is CCCCCCNC(=O)c1cc(Cc2ccc(SC)nc2)c(CC)c(CC)n1. The highest BCUT2D eigenvalue weighted by Gasteiger charge is 2.15. The Bertz CT molecular complexity index is 759. The Kier molecular flexibility index (Phi) is 9.48. The van der Waals surface area contributed by atoms with Crippen LogP contribution < -0.4 is 5.32 Å². The Morgan fingerprint density at radius 2 is 1.93 bits per heavy atom. The van der Waals surface area contributed by atoms with E-state index in [-0.39, 0.29) is 5.91 Å². The largest absolute Gasteiger partial charge is 0.351 e. The number of nitrogens with one attached hydrogen (secondary N) is 1. The molecule has 2 aromatic heterocycles. The molecule has 5 heteroatoms. The Labute approximate surface area is 174 Å². The van der Waals surface area contributed by atoms with E-state index in [1.54, 1.807) is 11.8 Å². The van der Waals surface area contributed by atoms with Crippen LogP contribution in [0.4, 0.5) is 0 Å². The first-order chi connectivity index (χ1) is 13.6. The van der Waals surface area contributed by atoms with E-state index in [4.69, 9.17) is 0 Å². The number of hydrogen-bond acceptors (Lipinski definition) is 4. The van der Waals surface area contributed by atoms with Gasteiger partial charge in [0.05, 0.1) is 5.03 Å². The molecule has 0 aromatic carbocycles. The summed E-state index contributed by atoms with van der Waals surface area (Å²) in [7, 11) is 0. The van der Waals surface area contributed by atoms with Crippen LogP contribution in [0.15, 0.2) is 29.4 Å². The van der Waals surface area contributed by atoms with Gasteiger partial charge < -0.3 is 5.32 Å². The molecule has 0 saturated carbocycles. The van der Waals surface area contributed by atoms with Crippen molar-refractivity contribution in [2.75, 3.05) is 12.8 Å². The molecule has 0 atom stereocenters. The minimum Gasteiger partial charge on any atom is -0.351 e. The Morgan fingerprint density at radius 3 is 2.54 bits per heavy atom. The van der Waals surface area contributed by atoms with E-state index in [2.05, 4.69) is 48.2 Å². The monoisotopic (exact) mass is 399 g/mol. The van der Waals surface area contributed by atoms with Crippen LogP contribution in [0.5, 0.6) is 0 Å². The van der Waals surface area contributed by atoms with Gasteiger partial charge in [-0.25, -0.2) is 9.97 Å². The predicted octanol–water partition coefficient (Wildman–Crippen LogP) is 5.22. The van der Waals surface area contributed by atoms with E-state index in [0.717, 1.165) is 48.4 Å². The van der Waals surface area contributed by atoms with Crippen LogP contribution in [-0.2, 0) is 19.3 Å². The van der Waals surface area contributed by atoms with Crippen LogP contribution in [0.3, 0.4) is 0 Å². The molecule has 0 bridgehead atoms. The fraction of sp³-hybridized carbons (Fsp3) is 0.522. The molecule has 0 saturated heterocycles. The predicted molar refractivity (Wildman–Crippen MR) is 118 cm³/mol. The van der Waals surface area contributed by atoms with Gasteiger partial charge in [0.2, 0.25) is 0 Å². The molecule has 28 heavy (non-hydrogen) atoms. The molecule has 0 aliphatic heterocycles. The number of hydrogen-bond donors (Lipinski definition) is 1. The lowest BCUT2D eigenvalue weighted by Gasteiger charge is -2.15. The van der Waals surface area contributed by atoms with Crippen molar-refractivity contribution in [1.29, 1.82) is 0 Å². The second kappa shape index (κ2) is 11.8. The van der Waals surface area contributed by atoms with Crippen molar-refractivity contribution in [3.05, 3.63) is 52.5 Å². The minimum atomic E-state index is -0.0639. The van der Waals surface area contributed by atoms with Crippen molar-refractivity contribution in [1.82, 2.24) is 15.3 Å². The highest BCUT2D eigenvalue weighted by molar-refractivity contribution is 7.98. The van der Waals surface area contributed by atoms with Gasteiger partial charge in [0.15, 0.2) is 0 Å². The zero-order chi connectivity index (χ0) is 20.4. The van der Waals surface area contributed by atoms with Gasteiger partial charge in [-0.05, 0) is 60.8 Å². The number of aryl methyl sites for hydroxylation is 1. The topological polar surface area (TPSA) is 54.9 Å². The molecule has 152 valence electrons. The summed E-state index contributed by atoms with van der Waals surface area (Å²) in [5.41, 5.74) is 5.17. The first kappa shape index (κ1) is 22.4. The lowest BCUT2D eigenvalue weighted by Crippen LogP contribution is -2.26. The van der Waals surface area contributed by atoms with E-state index >= 15 is 0 Å². The second-order valence-corrected chi connectivity index (χ2v) is 7.83. The summed E-state index contributed by atoms with van der Waals surface area (Å²) in [6.07, 6.45) is 11.1. The first-order valence-corrected chi connectivity index (χ1v) is 11.6. The number of rotatable bonds is 11. The first-order valence-electron chi connectivity index (χ1n) is 10.4. The highest BCUT2D eigenvalue weighted by atomic mass is 32.2. The van der Waals surface area contributed by atoms with E-state index in [9.17, 15) is 4.79 Å². The van der Waals surface area contributed by atoms with Gasteiger partial charge in [-0.15, -0.1) is 11.8 Å². The van der Waals surface area contributed by atoms with Crippen molar-refractivity contribution >= 4 is 17.7 Å². The molecule has 0 spiro atoms. The smallest absolute Gasteiger partial charge is 0.269 e. The highest BCUT2D eigenvalue weighted by Crippen LogP contribution is 2.21. The zero-order valence-electron chi connectivity index (χ0n) is 17.7. The third-order valence-electron chi connectivity index (χ3n) is 4.94. The number of carbonyl (C=O) groups excluding carboxylic acids is 1. The Morgan fingerprint density at radius 1 is 1.11 bits per heavy atom. The molecule has 0 aliphatic carbocycles. The average molecular weight is 400 g/mol. The van der Waals surface area contributed by atoms with E-state index < -0.39 is 0 Å². The lowest BCUT2D eigenvalue weighted by molar-refractivity contribution is 0.0947. The van der Waals surface area contributed by atoms with Crippen molar-refractivity contribution in [3.63, 3.8) is 0 Å². The summed E-state index contributed by atoms with van der Waals surface area (Å²) < 4.78 is 0. The molecule has 2 aromatic rings. The van der Waals surface area contributed by atoms with Crippen molar-refractivity contribution in [3.8, 4) is 0 Å². The summed E-state index contributed by atoms with van der Waals surface area (Å²) in [5.74, 6) is -0.0639. The van der Waals surface area contributed by atoms with Crippen LogP contribution in [0.1, 0.15) is 79.3 Å². The number of nitrogens with zero attached hydrogens (tertiary/aromatic N) is 2. The van der Waals surface area contributed by atoms with Crippen LogP contribution in [0.2, 0.25) is 0 Å².